The van der Waals surface area contributed by atoms with Crippen LogP contribution < -0.4 is 5.32 Å². The second-order valence-electron chi connectivity index (χ2n) is 4.69. The van der Waals surface area contributed by atoms with E-state index in [4.69, 9.17) is 12.6 Å². The number of hydrogen-bond donors (Lipinski definition) is 1. The third-order valence-corrected chi connectivity index (χ3v) is 3.43. The summed E-state index contributed by atoms with van der Waals surface area (Å²) in [5.74, 6) is -0.162. The fourth-order valence-electron chi connectivity index (χ4n) is 2.08. The zero-order valence-electron chi connectivity index (χ0n) is 12.5. The SMILES string of the molecule is Cc1ccccc1C(=O)Nc1cccc(-n2nnnc2[S-])c1.[Au].[SH-]. The molecule has 0 fully saturated rings. The summed E-state index contributed by atoms with van der Waals surface area (Å²) in [4.78, 5) is 12.3. The van der Waals surface area contributed by atoms with E-state index in [1.807, 2.05) is 31.2 Å². The molecule has 1 N–H and O–H groups in total. The van der Waals surface area contributed by atoms with Gasteiger partial charge in [-0.1, -0.05) is 24.3 Å². The van der Waals surface area contributed by atoms with Crippen LogP contribution in [0, 0.1) is 6.92 Å². The molecule has 6 nitrogen and oxygen atoms in total. The molecule has 0 spiro atoms. The standard InChI is InChI=1S/C15H13N5OS.Au.H2S/c1-10-5-2-3-8-13(10)14(21)16-11-6-4-7-12(9-11)20-15(22)17-18-19-20;;/h2-9H,1H3,(H,16,21)(H,17,19,22);;1H2/p-2. The van der Waals surface area contributed by atoms with Gasteiger partial charge in [-0.05, 0) is 47.2 Å². The van der Waals surface area contributed by atoms with E-state index in [0.29, 0.717) is 16.9 Å². The van der Waals surface area contributed by atoms with Crippen LogP contribution in [-0.4, -0.2) is 26.1 Å². The quantitative estimate of drug-likeness (QED) is 0.311. The summed E-state index contributed by atoms with van der Waals surface area (Å²) in [7, 11) is 0. The first-order valence-corrected chi connectivity index (χ1v) is 6.99. The van der Waals surface area contributed by atoms with Crippen molar-refractivity contribution in [3.05, 3.63) is 59.7 Å². The summed E-state index contributed by atoms with van der Waals surface area (Å²) in [6.45, 7) is 1.90. The van der Waals surface area contributed by atoms with Gasteiger partial charge >= 0.3 is 0 Å². The van der Waals surface area contributed by atoms with Crippen LogP contribution in [0.5, 0.6) is 0 Å². The molecule has 0 bridgehead atoms. The summed E-state index contributed by atoms with van der Waals surface area (Å²) in [5, 5.41) is 14.1. The maximum Gasteiger partial charge on any atom is 0.255 e. The number of thiol groups is 1. The van der Waals surface area contributed by atoms with Crippen molar-refractivity contribution in [3.63, 3.8) is 0 Å². The number of rotatable bonds is 3. The van der Waals surface area contributed by atoms with E-state index in [1.54, 1.807) is 24.3 Å². The second-order valence-corrected chi connectivity index (χ2v) is 5.06. The van der Waals surface area contributed by atoms with Gasteiger partial charge in [0.15, 0.2) is 0 Å². The number of carbonyl (C=O) groups excluding carboxylic acids is 1. The van der Waals surface area contributed by atoms with Crippen LogP contribution in [0.1, 0.15) is 15.9 Å². The van der Waals surface area contributed by atoms with E-state index in [-0.39, 0.29) is 46.9 Å². The first-order valence-electron chi connectivity index (χ1n) is 6.58. The molecule has 1 heterocycles. The van der Waals surface area contributed by atoms with Gasteiger partial charge in [0.1, 0.15) is 0 Å². The largest absolute Gasteiger partial charge is 0.813 e. The Labute approximate surface area is 167 Å². The topological polar surface area (TPSA) is 72.7 Å². The van der Waals surface area contributed by atoms with Gasteiger partial charge in [0.25, 0.3) is 5.91 Å². The minimum atomic E-state index is -0.162. The number of nitrogens with one attached hydrogen (secondary N) is 1. The average Bonchev–Trinajstić information content (AvgIpc) is 2.94. The summed E-state index contributed by atoms with van der Waals surface area (Å²) in [6.07, 6.45) is 0. The second kappa shape index (κ2) is 8.95. The van der Waals surface area contributed by atoms with Gasteiger partial charge < -0.3 is 31.4 Å². The monoisotopic (exact) mass is 540 g/mol. The van der Waals surface area contributed by atoms with Crippen LogP contribution in [0.3, 0.4) is 0 Å². The number of tetrazole rings is 1. The molecule has 0 aliphatic rings. The molecule has 1 aromatic heterocycles. The minimum Gasteiger partial charge on any atom is -0.813 e. The van der Waals surface area contributed by atoms with E-state index >= 15 is 0 Å². The van der Waals surface area contributed by atoms with E-state index in [9.17, 15) is 4.79 Å². The summed E-state index contributed by atoms with van der Waals surface area (Å²) in [6, 6.07) is 14.6. The first kappa shape index (κ1) is 20.3. The number of aryl methyl sites for hydroxylation is 1. The molecule has 3 rings (SSSR count). The molecule has 0 aliphatic heterocycles. The molecule has 0 unspecified atom stereocenters. The first-order chi connectivity index (χ1) is 10.6. The minimum absolute atomic E-state index is 0. The van der Waals surface area contributed by atoms with Crippen molar-refractivity contribution in [2.45, 2.75) is 12.1 Å². The van der Waals surface area contributed by atoms with Crippen molar-refractivity contribution in [3.8, 4) is 5.69 Å². The van der Waals surface area contributed by atoms with Crippen LogP contribution in [0.2, 0.25) is 0 Å². The van der Waals surface area contributed by atoms with E-state index in [0.717, 1.165) is 5.56 Å². The third kappa shape index (κ3) is 4.43. The molecular weight excluding hydrogens is 527 g/mol. The molecule has 129 valence electrons. The van der Waals surface area contributed by atoms with Gasteiger partial charge in [-0.15, -0.1) is 5.10 Å². The van der Waals surface area contributed by atoms with Gasteiger partial charge in [-0.3, -0.25) is 4.79 Å². The van der Waals surface area contributed by atoms with Gasteiger partial charge in [-0.25, -0.2) is 4.68 Å². The number of nitrogens with zero attached hydrogens (tertiary/aromatic N) is 4. The zero-order valence-corrected chi connectivity index (χ0v) is 16.4. The number of benzene rings is 2. The van der Waals surface area contributed by atoms with Crippen LogP contribution in [0.4, 0.5) is 5.69 Å². The molecule has 2 aromatic carbocycles. The fraction of sp³-hybridized carbons (Fsp3) is 0.0667. The van der Waals surface area contributed by atoms with E-state index < -0.39 is 0 Å². The normalized spacial score (nSPS) is 9.54. The van der Waals surface area contributed by atoms with Gasteiger partial charge in [0.05, 0.1) is 5.69 Å². The van der Waals surface area contributed by atoms with Crippen molar-refractivity contribution in [1.82, 2.24) is 20.2 Å². The van der Waals surface area contributed by atoms with E-state index in [2.05, 4.69) is 20.8 Å². The maximum atomic E-state index is 12.3. The Morgan fingerprint density at radius 3 is 2.58 bits per heavy atom. The summed E-state index contributed by atoms with van der Waals surface area (Å²) < 4.78 is 1.43. The van der Waals surface area contributed by atoms with Crippen molar-refractivity contribution in [2.75, 3.05) is 5.32 Å². The Morgan fingerprint density at radius 1 is 1.17 bits per heavy atom. The van der Waals surface area contributed by atoms with Crippen molar-refractivity contribution in [1.29, 1.82) is 0 Å². The number of carbonyl (C=O) groups is 1. The predicted octanol–water partition coefficient (Wildman–Crippen LogP) is 1.86. The van der Waals surface area contributed by atoms with Crippen molar-refractivity contribution < 1.29 is 27.2 Å². The van der Waals surface area contributed by atoms with Gasteiger partial charge in [-0.2, -0.15) is 0 Å². The Hall–Kier alpha value is -1.71. The van der Waals surface area contributed by atoms with Crippen LogP contribution in [-0.2, 0) is 48.5 Å². The van der Waals surface area contributed by atoms with Gasteiger partial charge in [0, 0.05) is 38.8 Å². The number of amides is 1. The maximum absolute atomic E-state index is 12.3. The zero-order chi connectivity index (χ0) is 15.5. The van der Waals surface area contributed by atoms with Crippen LogP contribution in [0.15, 0.2) is 53.7 Å². The predicted molar refractivity (Wildman–Crippen MR) is 92.7 cm³/mol. The Balaban J connectivity index is 0.00000144. The smallest absolute Gasteiger partial charge is 0.255 e. The summed E-state index contributed by atoms with van der Waals surface area (Å²) in [5.41, 5.74) is 2.90. The Bertz CT molecular complexity index is 840. The third-order valence-electron chi connectivity index (χ3n) is 3.18. The number of hydrogen-bond acceptors (Lipinski definition) is 6. The average molecular weight is 540 g/mol. The molecule has 9 heteroatoms. The van der Waals surface area contributed by atoms with E-state index in [1.165, 1.54) is 4.68 Å². The molecule has 24 heavy (non-hydrogen) atoms. The Morgan fingerprint density at radius 2 is 1.92 bits per heavy atom. The van der Waals surface area contributed by atoms with Crippen molar-refractivity contribution in [2.24, 2.45) is 0 Å². The van der Waals surface area contributed by atoms with Crippen molar-refractivity contribution >= 4 is 37.7 Å². The molecule has 0 atom stereocenters. The molecule has 1 amide bonds. The Kier molecular flexibility index (Phi) is 7.59. The van der Waals surface area contributed by atoms with Crippen LogP contribution in [0.25, 0.3) is 5.69 Å². The van der Waals surface area contributed by atoms with Crippen LogP contribution >= 0.6 is 0 Å². The molecular formula is C15H13AuN5OS2-2. The molecule has 0 saturated heterocycles. The summed E-state index contributed by atoms with van der Waals surface area (Å²) >= 11 is 5.03. The number of anilines is 1. The molecule has 0 aliphatic carbocycles. The number of aromatic nitrogens is 4. The van der Waals surface area contributed by atoms with Gasteiger partial charge in [0.2, 0.25) is 0 Å². The molecule has 3 aromatic rings. The molecule has 1 radical (unpaired) electrons. The fourth-order valence-corrected chi connectivity index (χ4v) is 2.26. The molecule has 0 saturated carbocycles.